The Morgan fingerprint density at radius 1 is 1.35 bits per heavy atom. The van der Waals surface area contributed by atoms with Crippen molar-refractivity contribution in [2.75, 3.05) is 38.2 Å². The van der Waals surface area contributed by atoms with Gasteiger partial charge in [-0.1, -0.05) is 6.92 Å². The third kappa shape index (κ3) is 4.23. The van der Waals surface area contributed by atoms with Gasteiger partial charge in [0.05, 0.1) is 6.61 Å². The van der Waals surface area contributed by atoms with E-state index in [0.717, 1.165) is 37.6 Å². The van der Waals surface area contributed by atoms with Crippen LogP contribution in [0.3, 0.4) is 0 Å². The van der Waals surface area contributed by atoms with E-state index < -0.39 is 0 Å². The van der Waals surface area contributed by atoms with E-state index in [0.29, 0.717) is 6.61 Å². The van der Waals surface area contributed by atoms with Gasteiger partial charge in [-0.3, -0.25) is 0 Å². The lowest BCUT2D eigenvalue weighted by molar-refractivity contribution is 0.339. The molecule has 0 amide bonds. The highest BCUT2D eigenvalue weighted by Gasteiger charge is 2.11. The van der Waals surface area contributed by atoms with Crippen molar-refractivity contribution in [1.82, 2.24) is 10.3 Å². The first-order valence-electron chi connectivity index (χ1n) is 6.30. The van der Waals surface area contributed by atoms with Gasteiger partial charge in [-0.05, 0) is 32.5 Å². The van der Waals surface area contributed by atoms with E-state index in [9.17, 15) is 0 Å². The van der Waals surface area contributed by atoms with Crippen molar-refractivity contribution < 1.29 is 4.74 Å². The molecule has 17 heavy (non-hydrogen) atoms. The van der Waals surface area contributed by atoms with Crippen molar-refractivity contribution in [3.63, 3.8) is 0 Å². The molecule has 0 unspecified atom stereocenters. The second-order valence-electron chi connectivity index (χ2n) is 3.85. The van der Waals surface area contributed by atoms with Crippen LogP contribution in [0.5, 0.6) is 5.75 Å². The normalized spacial score (nSPS) is 10.3. The topological polar surface area (TPSA) is 37.4 Å². The highest BCUT2D eigenvalue weighted by Crippen LogP contribution is 2.25. The number of nitrogens with one attached hydrogen (secondary N) is 1. The molecule has 0 aliphatic carbocycles. The maximum Gasteiger partial charge on any atom is 0.171 e. The molecule has 0 aliphatic heterocycles. The number of pyridine rings is 1. The van der Waals surface area contributed by atoms with Crippen LogP contribution < -0.4 is 15.0 Å². The van der Waals surface area contributed by atoms with Gasteiger partial charge in [-0.2, -0.15) is 0 Å². The number of ether oxygens (including phenoxy) is 1. The fourth-order valence-electron chi connectivity index (χ4n) is 1.73. The molecular weight excluding hydrogens is 214 g/mol. The van der Waals surface area contributed by atoms with Gasteiger partial charge in [-0.25, -0.2) is 4.98 Å². The second kappa shape index (κ2) is 7.90. The van der Waals surface area contributed by atoms with Crippen molar-refractivity contribution in [3.05, 3.63) is 18.3 Å². The maximum atomic E-state index is 5.62. The fraction of sp³-hybridized carbons (Fsp3) is 0.615. The Labute approximate surface area is 104 Å². The summed E-state index contributed by atoms with van der Waals surface area (Å²) >= 11 is 0. The van der Waals surface area contributed by atoms with Crippen molar-refractivity contribution in [2.45, 2.75) is 20.3 Å². The first-order valence-corrected chi connectivity index (χ1v) is 6.30. The Balaban J connectivity index is 2.83. The van der Waals surface area contributed by atoms with Crippen molar-refractivity contribution >= 4 is 5.82 Å². The summed E-state index contributed by atoms with van der Waals surface area (Å²) in [7, 11) is 1.96. The first kappa shape index (κ1) is 13.8. The minimum absolute atomic E-state index is 0.671. The number of aromatic nitrogens is 1. The van der Waals surface area contributed by atoms with Gasteiger partial charge < -0.3 is 15.0 Å². The largest absolute Gasteiger partial charge is 0.490 e. The second-order valence-corrected chi connectivity index (χ2v) is 3.85. The molecule has 1 rings (SSSR count). The third-order valence-electron chi connectivity index (χ3n) is 2.48. The average molecular weight is 237 g/mol. The van der Waals surface area contributed by atoms with Crippen LogP contribution in [0.15, 0.2) is 18.3 Å². The van der Waals surface area contributed by atoms with Crippen LogP contribution >= 0.6 is 0 Å². The van der Waals surface area contributed by atoms with E-state index in [1.165, 1.54) is 0 Å². The summed E-state index contributed by atoms with van der Waals surface area (Å²) in [6, 6.07) is 3.89. The standard InChI is InChI=1S/C13H23N3O/c1-4-10-16(11-9-14-3)13-12(17-5-2)7-6-8-15-13/h6-8,14H,4-5,9-11H2,1-3H3. The zero-order valence-electron chi connectivity index (χ0n) is 11.1. The summed E-state index contributed by atoms with van der Waals surface area (Å²) in [5.74, 6) is 1.83. The van der Waals surface area contributed by atoms with E-state index >= 15 is 0 Å². The van der Waals surface area contributed by atoms with Crippen LogP contribution in [0, 0.1) is 0 Å². The van der Waals surface area contributed by atoms with E-state index in [-0.39, 0.29) is 0 Å². The number of hydrogen-bond acceptors (Lipinski definition) is 4. The van der Waals surface area contributed by atoms with Crippen LogP contribution in [0.2, 0.25) is 0 Å². The van der Waals surface area contributed by atoms with Gasteiger partial charge in [0.2, 0.25) is 0 Å². The van der Waals surface area contributed by atoms with E-state index in [2.05, 4.69) is 22.1 Å². The molecule has 0 fully saturated rings. The monoisotopic (exact) mass is 237 g/mol. The van der Waals surface area contributed by atoms with Gasteiger partial charge in [-0.15, -0.1) is 0 Å². The number of rotatable bonds is 8. The average Bonchev–Trinajstić information content (AvgIpc) is 2.36. The molecule has 4 nitrogen and oxygen atoms in total. The highest BCUT2D eigenvalue weighted by atomic mass is 16.5. The SMILES string of the molecule is CCCN(CCNC)c1ncccc1OCC. The van der Waals surface area contributed by atoms with Gasteiger partial charge in [0.15, 0.2) is 11.6 Å². The minimum Gasteiger partial charge on any atom is -0.490 e. The lowest BCUT2D eigenvalue weighted by Crippen LogP contribution is -2.32. The number of likely N-dealkylation sites (N-methyl/N-ethyl adjacent to an activating group) is 1. The van der Waals surface area contributed by atoms with E-state index in [1.807, 2.05) is 32.3 Å². The Kier molecular flexibility index (Phi) is 6.40. The first-order chi connectivity index (χ1) is 8.33. The molecule has 1 aromatic rings. The molecule has 0 saturated heterocycles. The summed E-state index contributed by atoms with van der Waals surface area (Å²) in [4.78, 5) is 6.71. The molecule has 1 aromatic heterocycles. The van der Waals surface area contributed by atoms with Crippen LogP contribution in [0.25, 0.3) is 0 Å². The molecule has 0 bridgehead atoms. The fourth-order valence-corrected chi connectivity index (χ4v) is 1.73. The Hall–Kier alpha value is -1.29. The molecule has 96 valence electrons. The van der Waals surface area contributed by atoms with Gasteiger partial charge in [0.1, 0.15) is 0 Å². The van der Waals surface area contributed by atoms with Crippen molar-refractivity contribution in [2.24, 2.45) is 0 Å². The number of anilines is 1. The molecule has 0 aliphatic rings. The minimum atomic E-state index is 0.671. The summed E-state index contributed by atoms with van der Waals surface area (Å²) in [6.45, 7) is 7.73. The third-order valence-corrected chi connectivity index (χ3v) is 2.48. The van der Waals surface area contributed by atoms with Crippen LogP contribution in [0.4, 0.5) is 5.82 Å². The van der Waals surface area contributed by atoms with Crippen LogP contribution in [-0.2, 0) is 0 Å². The zero-order valence-corrected chi connectivity index (χ0v) is 11.1. The summed E-state index contributed by atoms with van der Waals surface area (Å²) in [5, 5.41) is 3.17. The Morgan fingerprint density at radius 2 is 2.18 bits per heavy atom. The van der Waals surface area contributed by atoms with Gasteiger partial charge >= 0.3 is 0 Å². The molecule has 1 N–H and O–H groups in total. The van der Waals surface area contributed by atoms with Gasteiger partial charge in [0.25, 0.3) is 0 Å². The molecule has 0 radical (unpaired) electrons. The molecule has 0 atom stereocenters. The Bertz CT molecular complexity index is 317. The lowest BCUT2D eigenvalue weighted by atomic mass is 10.3. The molecule has 0 spiro atoms. The van der Waals surface area contributed by atoms with Crippen LogP contribution in [0.1, 0.15) is 20.3 Å². The summed E-state index contributed by atoms with van der Waals surface area (Å²) in [6.07, 6.45) is 2.92. The van der Waals surface area contributed by atoms with Crippen molar-refractivity contribution in [1.29, 1.82) is 0 Å². The Morgan fingerprint density at radius 3 is 2.82 bits per heavy atom. The molecule has 0 aromatic carbocycles. The molecular formula is C13H23N3O. The molecule has 1 heterocycles. The highest BCUT2D eigenvalue weighted by molar-refractivity contribution is 5.52. The predicted octanol–water partition coefficient (Wildman–Crippen LogP) is 1.92. The molecule has 4 heteroatoms. The maximum absolute atomic E-state index is 5.62. The van der Waals surface area contributed by atoms with E-state index in [4.69, 9.17) is 4.74 Å². The number of hydrogen-bond donors (Lipinski definition) is 1. The summed E-state index contributed by atoms with van der Waals surface area (Å²) < 4.78 is 5.62. The summed E-state index contributed by atoms with van der Waals surface area (Å²) in [5.41, 5.74) is 0. The quantitative estimate of drug-likeness (QED) is 0.749. The lowest BCUT2D eigenvalue weighted by Gasteiger charge is -2.24. The van der Waals surface area contributed by atoms with Gasteiger partial charge in [0, 0.05) is 25.8 Å². The van der Waals surface area contributed by atoms with Crippen molar-refractivity contribution in [3.8, 4) is 5.75 Å². The molecule has 0 saturated carbocycles. The smallest absolute Gasteiger partial charge is 0.171 e. The predicted molar refractivity (Wildman–Crippen MR) is 71.8 cm³/mol. The number of nitrogens with zero attached hydrogens (tertiary/aromatic N) is 2. The zero-order chi connectivity index (χ0) is 12.5. The van der Waals surface area contributed by atoms with E-state index in [1.54, 1.807) is 0 Å². The van der Waals surface area contributed by atoms with Crippen LogP contribution in [-0.4, -0.2) is 38.3 Å².